The van der Waals surface area contributed by atoms with Gasteiger partial charge in [0.1, 0.15) is 0 Å². The molecule has 0 rings (SSSR count). The summed E-state index contributed by atoms with van der Waals surface area (Å²) < 4.78 is 8.79. The normalized spacial score (nSPS) is 10.3. The van der Waals surface area contributed by atoms with E-state index in [-0.39, 0.29) is 0 Å². The Labute approximate surface area is 71.3 Å². The van der Waals surface area contributed by atoms with E-state index in [1.54, 1.807) is 13.1 Å². The molecule has 0 aliphatic carbocycles. The summed E-state index contributed by atoms with van der Waals surface area (Å²) in [6, 6.07) is 0. The molecule has 12 heavy (non-hydrogen) atoms. The minimum absolute atomic E-state index is 0.845. The van der Waals surface area contributed by atoms with Gasteiger partial charge >= 0.3 is 12.2 Å². The van der Waals surface area contributed by atoms with Gasteiger partial charge in [-0.2, -0.15) is 0 Å². The zero-order valence-electron chi connectivity index (χ0n) is 7.10. The van der Waals surface area contributed by atoms with Crippen molar-refractivity contribution in [2.24, 2.45) is 10.2 Å². The third-order valence-corrected chi connectivity index (χ3v) is 1.40. The van der Waals surface area contributed by atoms with Gasteiger partial charge in [-0.3, -0.25) is 0 Å². The van der Waals surface area contributed by atoms with E-state index in [0.29, 0.717) is 0 Å². The molecular formula is C5H10N2O4Si. The van der Waals surface area contributed by atoms with Crippen molar-refractivity contribution in [3.05, 3.63) is 0 Å². The first-order chi connectivity index (χ1) is 5.56. The van der Waals surface area contributed by atoms with Crippen LogP contribution in [0.25, 0.3) is 0 Å². The zero-order chi connectivity index (χ0) is 9.56. The standard InChI is InChI=1S/C5H10N2O4Si/c1-10-4(8)6-7-5(9)11-12(2)3/h12H,1-3H3. The number of azo groups is 1. The number of carbonyl (C=O) groups excluding carboxylic acids is 2. The van der Waals surface area contributed by atoms with E-state index in [9.17, 15) is 9.59 Å². The highest BCUT2D eigenvalue weighted by Crippen LogP contribution is 1.91. The highest BCUT2D eigenvalue weighted by molar-refractivity contribution is 6.50. The van der Waals surface area contributed by atoms with Gasteiger partial charge < -0.3 is 9.16 Å². The molecule has 0 fully saturated rings. The molecule has 0 aliphatic heterocycles. The third-order valence-electron chi connectivity index (χ3n) is 0.724. The van der Waals surface area contributed by atoms with Crippen molar-refractivity contribution in [1.82, 2.24) is 0 Å². The monoisotopic (exact) mass is 190 g/mol. The molecule has 0 N–H and O–H groups in total. The van der Waals surface area contributed by atoms with Crippen molar-refractivity contribution in [2.75, 3.05) is 7.11 Å². The van der Waals surface area contributed by atoms with Crippen LogP contribution in [0, 0.1) is 0 Å². The Hall–Kier alpha value is -1.24. The van der Waals surface area contributed by atoms with Gasteiger partial charge in [-0.15, -0.1) is 0 Å². The van der Waals surface area contributed by atoms with Gasteiger partial charge in [0.05, 0.1) is 7.11 Å². The van der Waals surface area contributed by atoms with E-state index in [2.05, 4.69) is 19.4 Å². The van der Waals surface area contributed by atoms with E-state index in [0.717, 1.165) is 7.11 Å². The Bertz CT molecular complexity index is 204. The molecular weight excluding hydrogens is 180 g/mol. The number of nitrogens with zero attached hydrogens (tertiary/aromatic N) is 2. The molecule has 0 saturated heterocycles. The van der Waals surface area contributed by atoms with Crippen LogP contribution in [-0.4, -0.2) is 28.3 Å². The van der Waals surface area contributed by atoms with E-state index in [1.165, 1.54) is 0 Å². The molecule has 0 aromatic heterocycles. The molecule has 0 bridgehead atoms. The van der Waals surface area contributed by atoms with Crippen LogP contribution in [0.2, 0.25) is 13.1 Å². The maximum absolute atomic E-state index is 10.6. The molecule has 6 nitrogen and oxygen atoms in total. The lowest BCUT2D eigenvalue weighted by Crippen LogP contribution is -2.11. The van der Waals surface area contributed by atoms with Crippen LogP contribution in [0.1, 0.15) is 0 Å². The van der Waals surface area contributed by atoms with Gasteiger partial charge in [-0.1, -0.05) is 10.2 Å². The maximum atomic E-state index is 10.6. The van der Waals surface area contributed by atoms with Crippen LogP contribution in [-0.2, 0) is 9.16 Å². The summed E-state index contributed by atoms with van der Waals surface area (Å²) in [5.41, 5.74) is 0. The Morgan fingerprint density at radius 1 is 1.17 bits per heavy atom. The SMILES string of the molecule is COC(=O)N=NC(=O)O[SiH](C)C. The first kappa shape index (κ1) is 10.8. The molecule has 0 unspecified atom stereocenters. The number of rotatable bonds is 1. The van der Waals surface area contributed by atoms with Crippen molar-refractivity contribution in [2.45, 2.75) is 13.1 Å². The smallest absolute Gasteiger partial charge is 0.452 e. The number of ether oxygens (including phenoxy) is 1. The molecule has 0 aromatic rings. The Morgan fingerprint density at radius 3 is 2.08 bits per heavy atom. The van der Waals surface area contributed by atoms with Crippen LogP contribution in [0.4, 0.5) is 9.59 Å². The maximum Gasteiger partial charge on any atom is 0.452 e. The highest BCUT2D eigenvalue weighted by atomic mass is 28.3. The van der Waals surface area contributed by atoms with Crippen molar-refractivity contribution in [3.8, 4) is 0 Å². The second kappa shape index (κ2) is 5.41. The van der Waals surface area contributed by atoms with Gasteiger partial charge in [0.2, 0.25) is 9.04 Å². The predicted molar refractivity (Wildman–Crippen MR) is 42.6 cm³/mol. The summed E-state index contributed by atoms with van der Waals surface area (Å²) in [7, 11) is -0.313. The molecule has 7 heteroatoms. The van der Waals surface area contributed by atoms with Crippen molar-refractivity contribution in [3.63, 3.8) is 0 Å². The van der Waals surface area contributed by atoms with Gasteiger partial charge in [-0.25, -0.2) is 9.59 Å². The summed E-state index contributed by atoms with van der Waals surface area (Å²) in [5, 5.41) is 5.87. The number of carbonyl (C=O) groups is 2. The molecule has 0 heterocycles. The first-order valence-electron chi connectivity index (χ1n) is 3.26. The summed E-state index contributed by atoms with van der Waals surface area (Å²) in [6.07, 6.45) is -1.76. The Balaban J connectivity index is 3.83. The lowest BCUT2D eigenvalue weighted by Gasteiger charge is -2.00. The lowest BCUT2D eigenvalue weighted by molar-refractivity contribution is 0.178. The number of amides is 2. The highest BCUT2D eigenvalue weighted by Gasteiger charge is 2.04. The molecule has 0 aromatic carbocycles. The average molecular weight is 190 g/mol. The fourth-order valence-electron chi connectivity index (χ4n) is 0.348. The van der Waals surface area contributed by atoms with Crippen molar-refractivity contribution >= 4 is 21.2 Å². The fraction of sp³-hybridized carbons (Fsp3) is 0.600. The fourth-order valence-corrected chi connectivity index (χ4v) is 0.798. The second-order valence-corrected chi connectivity index (χ2v) is 4.44. The molecule has 0 spiro atoms. The molecule has 2 amide bonds. The molecule has 0 atom stereocenters. The Morgan fingerprint density at radius 2 is 1.67 bits per heavy atom. The molecule has 68 valence electrons. The van der Waals surface area contributed by atoms with E-state index >= 15 is 0 Å². The minimum atomic E-state index is -1.46. The van der Waals surface area contributed by atoms with Gasteiger partial charge in [0, 0.05) is 0 Å². The van der Waals surface area contributed by atoms with Gasteiger partial charge in [0.25, 0.3) is 0 Å². The number of hydrogen-bond acceptors (Lipinski definition) is 4. The Kier molecular flexibility index (Phi) is 4.85. The van der Waals surface area contributed by atoms with Crippen LogP contribution in [0.5, 0.6) is 0 Å². The van der Waals surface area contributed by atoms with Crippen molar-refractivity contribution < 1.29 is 18.8 Å². The third kappa shape index (κ3) is 5.53. The average Bonchev–Trinajstić information content (AvgIpc) is 1.99. The molecule has 0 radical (unpaired) electrons. The van der Waals surface area contributed by atoms with E-state index in [4.69, 9.17) is 0 Å². The summed E-state index contributed by atoms with van der Waals surface area (Å²) in [5.74, 6) is 0. The number of hydrogen-bond donors (Lipinski definition) is 0. The summed E-state index contributed by atoms with van der Waals surface area (Å²) in [6.45, 7) is 3.59. The van der Waals surface area contributed by atoms with Crippen LogP contribution in [0.3, 0.4) is 0 Å². The van der Waals surface area contributed by atoms with Crippen LogP contribution in [0.15, 0.2) is 10.2 Å². The molecule has 0 saturated carbocycles. The topological polar surface area (TPSA) is 77.3 Å². The second-order valence-electron chi connectivity index (χ2n) is 2.10. The summed E-state index contributed by atoms with van der Waals surface area (Å²) >= 11 is 0. The first-order valence-corrected chi connectivity index (χ1v) is 6.04. The largest absolute Gasteiger partial charge is 0.504 e. The van der Waals surface area contributed by atoms with E-state index < -0.39 is 21.2 Å². The zero-order valence-corrected chi connectivity index (χ0v) is 8.26. The minimum Gasteiger partial charge on any atom is -0.504 e. The summed E-state index contributed by atoms with van der Waals surface area (Å²) in [4.78, 5) is 20.9. The van der Waals surface area contributed by atoms with Gasteiger partial charge in [0.15, 0.2) is 0 Å². The molecule has 0 aliphatic rings. The van der Waals surface area contributed by atoms with Crippen molar-refractivity contribution in [1.29, 1.82) is 0 Å². The van der Waals surface area contributed by atoms with E-state index in [1.807, 2.05) is 0 Å². The number of methoxy groups -OCH3 is 1. The van der Waals surface area contributed by atoms with Crippen LogP contribution >= 0.6 is 0 Å². The van der Waals surface area contributed by atoms with Crippen LogP contribution < -0.4 is 0 Å². The lowest BCUT2D eigenvalue weighted by atomic mass is 11.2. The van der Waals surface area contributed by atoms with Gasteiger partial charge in [-0.05, 0) is 13.1 Å². The quantitative estimate of drug-likeness (QED) is 0.461. The predicted octanol–water partition coefficient (Wildman–Crippen LogP) is 1.32.